The molecule has 1 aromatic carbocycles. The van der Waals surface area contributed by atoms with Gasteiger partial charge >= 0.3 is 7.60 Å². The molecule has 0 saturated heterocycles. The first-order valence-corrected chi connectivity index (χ1v) is 10.7. The summed E-state index contributed by atoms with van der Waals surface area (Å²) in [6, 6.07) is 7.18. The molecule has 6 nitrogen and oxygen atoms in total. The van der Waals surface area contributed by atoms with Crippen LogP contribution in [-0.4, -0.2) is 31.3 Å². The first-order chi connectivity index (χ1) is 10.6. The fraction of sp³-hybridized carbons (Fsp3) is 0.500. The Morgan fingerprint density at radius 2 is 1.57 bits per heavy atom. The first-order valence-electron chi connectivity index (χ1n) is 6.50. The Hall–Kier alpha value is 0.150. The van der Waals surface area contributed by atoms with E-state index in [1.54, 1.807) is 6.07 Å². The van der Waals surface area contributed by atoms with Crippen molar-refractivity contribution in [2.75, 3.05) is 13.2 Å². The van der Waals surface area contributed by atoms with Gasteiger partial charge < -0.3 is 9.05 Å². The second kappa shape index (κ2) is 8.50. The van der Waals surface area contributed by atoms with E-state index in [1.807, 2.05) is 0 Å². The zero-order chi connectivity index (χ0) is 17.7. The van der Waals surface area contributed by atoms with Gasteiger partial charge in [0.05, 0.1) is 18.1 Å². The number of alkyl halides is 3. The Morgan fingerprint density at radius 3 is 1.96 bits per heavy atom. The Kier molecular flexibility index (Phi) is 7.83. The third-order valence-electron chi connectivity index (χ3n) is 2.44. The van der Waals surface area contributed by atoms with E-state index in [9.17, 15) is 13.0 Å². The van der Waals surface area contributed by atoms with Crippen LogP contribution in [0.1, 0.15) is 13.8 Å². The van der Waals surface area contributed by atoms with Gasteiger partial charge in [-0.1, -0.05) is 53.0 Å². The lowest BCUT2D eigenvalue weighted by Gasteiger charge is -2.30. The van der Waals surface area contributed by atoms with Gasteiger partial charge in [0.2, 0.25) is 9.64 Å². The van der Waals surface area contributed by atoms with Crippen molar-refractivity contribution in [1.29, 1.82) is 0 Å². The molecule has 0 saturated carbocycles. The summed E-state index contributed by atoms with van der Waals surface area (Å²) < 4.78 is 50.0. The Balaban J connectivity index is 3.26. The SMILES string of the molecule is CCOP(=O)(OCC)[C@H](OS(=O)(=O)c1ccccc1)C(Cl)(Cl)Cl. The van der Waals surface area contributed by atoms with Gasteiger partial charge in [0, 0.05) is 0 Å². The lowest BCUT2D eigenvalue weighted by Crippen LogP contribution is -2.33. The quantitative estimate of drug-likeness (QED) is 0.350. The van der Waals surface area contributed by atoms with Gasteiger partial charge in [0.25, 0.3) is 10.1 Å². The molecule has 1 rings (SSSR count). The maximum Gasteiger partial charge on any atom is 0.365 e. The predicted octanol–water partition coefficient (Wildman–Crippen LogP) is 4.35. The van der Waals surface area contributed by atoms with E-state index >= 15 is 0 Å². The van der Waals surface area contributed by atoms with Gasteiger partial charge in [-0.3, -0.25) is 4.57 Å². The van der Waals surface area contributed by atoms with Gasteiger partial charge in [-0.2, -0.15) is 8.42 Å². The van der Waals surface area contributed by atoms with Gasteiger partial charge in [-0.25, -0.2) is 4.18 Å². The average molecular weight is 426 g/mol. The van der Waals surface area contributed by atoms with E-state index < -0.39 is 27.4 Å². The highest BCUT2D eigenvalue weighted by atomic mass is 35.6. The third-order valence-corrected chi connectivity index (χ3v) is 7.23. The van der Waals surface area contributed by atoms with Crippen molar-refractivity contribution in [2.45, 2.75) is 28.4 Å². The second-order valence-electron chi connectivity index (χ2n) is 4.13. The molecule has 0 fully saturated rings. The highest BCUT2D eigenvalue weighted by Crippen LogP contribution is 2.61. The number of hydrogen-bond acceptors (Lipinski definition) is 6. The van der Waals surface area contributed by atoms with Crippen LogP contribution in [-0.2, 0) is 27.9 Å². The van der Waals surface area contributed by atoms with Crippen LogP contribution in [0.25, 0.3) is 0 Å². The lowest BCUT2D eigenvalue weighted by atomic mass is 10.4. The van der Waals surface area contributed by atoms with E-state index in [0.29, 0.717) is 0 Å². The molecule has 0 N–H and O–H groups in total. The van der Waals surface area contributed by atoms with Crippen molar-refractivity contribution in [3.63, 3.8) is 0 Å². The minimum Gasteiger partial charge on any atom is -0.307 e. The number of rotatable bonds is 8. The normalized spacial score (nSPS) is 14.7. The van der Waals surface area contributed by atoms with E-state index in [2.05, 4.69) is 0 Å². The molecule has 23 heavy (non-hydrogen) atoms. The molecule has 1 aromatic rings. The Labute approximate surface area is 150 Å². The molecule has 0 aromatic heterocycles. The molecule has 11 heteroatoms. The van der Waals surface area contributed by atoms with E-state index in [-0.39, 0.29) is 18.1 Å². The van der Waals surface area contributed by atoms with Gasteiger partial charge in [0.1, 0.15) is 0 Å². The summed E-state index contributed by atoms with van der Waals surface area (Å²) in [5, 5.41) is 0. The summed E-state index contributed by atoms with van der Waals surface area (Å²) in [6.07, 6.45) is 0. The number of hydrogen-bond donors (Lipinski definition) is 0. The summed E-state index contributed by atoms with van der Waals surface area (Å²) in [5.74, 6) is -1.95. The molecule has 0 amide bonds. The van der Waals surface area contributed by atoms with E-state index in [1.165, 1.54) is 38.1 Å². The van der Waals surface area contributed by atoms with Crippen molar-refractivity contribution < 1.29 is 26.2 Å². The molecule has 0 bridgehead atoms. The van der Waals surface area contributed by atoms with Gasteiger partial charge in [-0.15, -0.1) is 0 Å². The van der Waals surface area contributed by atoms with Crippen molar-refractivity contribution in [3.05, 3.63) is 30.3 Å². The van der Waals surface area contributed by atoms with Crippen LogP contribution in [0.2, 0.25) is 0 Å². The molecule has 0 radical (unpaired) electrons. The molecule has 132 valence electrons. The standard InChI is InChI=1S/C12H16Cl3O6PS/c1-3-19-22(16,20-4-2)11(12(13,14)15)21-23(17,18)10-8-6-5-7-9-10/h5-9,11H,3-4H2,1-2H3/t11-/m0/s1. The summed E-state index contributed by atoms with van der Waals surface area (Å²) in [7, 11) is -8.51. The van der Waals surface area contributed by atoms with Crippen LogP contribution < -0.4 is 0 Å². The monoisotopic (exact) mass is 424 g/mol. The lowest BCUT2D eigenvalue weighted by molar-refractivity contribution is 0.165. The van der Waals surface area contributed by atoms with Gasteiger partial charge in [-0.05, 0) is 26.0 Å². The second-order valence-corrected chi connectivity index (χ2v) is 10.1. The minimum atomic E-state index is -4.35. The molecule has 0 spiro atoms. The van der Waals surface area contributed by atoms with Crippen LogP contribution in [0.4, 0.5) is 0 Å². The summed E-state index contributed by atoms with van der Waals surface area (Å²) >= 11 is 17.3. The molecule has 0 heterocycles. The largest absolute Gasteiger partial charge is 0.365 e. The summed E-state index contributed by atoms with van der Waals surface area (Å²) in [5.41, 5.74) is 0. The van der Waals surface area contributed by atoms with E-state index in [0.717, 1.165) is 0 Å². The molecular weight excluding hydrogens is 410 g/mol. The molecule has 0 aliphatic rings. The van der Waals surface area contributed by atoms with Crippen molar-refractivity contribution in [1.82, 2.24) is 0 Å². The zero-order valence-corrected chi connectivity index (χ0v) is 16.3. The number of halogens is 3. The Morgan fingerprint density at radius 1 is 1.09 bits per heavy atom. The highest BCUT2D eigenvalue weighted by Gasteiger charge is 2.52. The topological polar surface area (TPSA) is 78.9 Å². The number of benzene rings is 1. The maximum atomic E-state index is 12.8. The summed E-state index contributed by atoms with van der Waals surface area (Å²) in [6.45, 7) is 2.96. The van der Waals surface area contributed by atoms with Crippen LogP contribution in [0, 0.1) is 0 Å². The predicted molar refractivity (Wildman–Crippen MR) is 89.6 cm³/mol. The van der Waals surface area contributed by atoms with Crippen molar-refractivity contribution in [3.8, 4) is 0 Å². The maximum absolute atomic E-state index is 12.8. The average Bonchev–Trinajstić information content (AvgIpc) is 2.45. The van der Waals surface area contributed by atoms with Gasteiger partial charge in [0.15, 0.2) is 0 Å². The molecule has 0 unspecified atom stereocenters. The molecule has 0 aliphatic heterocycles. The fourth-order valence-electron chi connectivity index (χ4n) is 1.58. The molecular formula is C12H16Cl3O6PS. The first kappa shape index (κ1) is 21.2. The van der Waals surface area contributed by atoms with Crippen molar-refractivity contribution in [2.24, 2.45) is 0 Å². The highest BCUT2D eigenvalue weighted by molar-refractivity contribution is 7.87. The summed E-state index contributed by atoms with van der Waals surface area (Å²) in [4.78, 5) is -0.182. The van der Waals surface area contributed by atoms with Crippen LogP contribution in [0.15, 0.2) is 35.2 Å². The zero-order valence-electron chi connectivity index (χ0n) is 12.3. The van der Waals surface area contributed by atoms with E-state index in [4.69, 9.17) is 48.0 Å². The minimum absolute atomic E-state index is 0.0523. The molecule has 0 aliphatic carbocycles. The Bertz CT molecular complexity index is 637. The van der Waals surface area contributed by atoms with Crippen LogP contribution in [0.3, 0.4) is 0 Å². The van der Waals surface area contributed by atoms with Crippen molar-refractivity contribution >= 4 is 52.5 Å². The van der Waals surface area contributed by atoms with Crippen LogP contribution >= 0.6 is 42.4 Å². The van der Waals surface area contributed by atoms with Crippen LogP contribution in [0.5, 0.6) is 0 Å². The fourth-order valence-corrected chi connectivity index (χ4v) is 6.12. The third kappa shape index (κ3) is 5.87. The molecule has 1 atom stereocenters. The smallest absolute Gasteiger partial charge is 0.307 e.